The fourth-order valence-corrected chi connectivity index (χ4v) is 4.07. The van der Waals surface area contributed by atoms with Gasteiger partial charge in [0, 0.05) is 26.2 Å². The minimum absolute atomic E-state index is 0.296. The van der Waals surface area contributed by atoms with Gasteiger partial charge in [-0.2, -0.15) is 5.10 Å². The van der Waals surface area contributed by atoms with E-state index in [0.29, 0.717) is 11.8 Å². The highest BCUT2D eigenvalue weighted by Gasteiger charge is 2.20. The Morgan fingerprint density at radius 2 is 1.89 bits per heavy atom. The number of aromatic nitrogens is 2. The van der Waals surface area contributed by atoms with Crippen LogP contribution in [0.3, 0.4) is 0 Å². The van der Waals surface area contributed by atoms with E-state index in [1.165, 1.54) is 31.2 Å². The second kappa shape index (κ2) is 8.42. The summed E-state index contributed by atoms with van der Waals surface area (Å²) in [6.45, 7) is 3.24. The number of benzene rings is 1. The molecular formula is C21H29N3O3. The molecule has 6 heteroatoms. The summed E-state index contributed by atoms with van der Waals surface area (Å²) in [7, 11) is 0. The van der Waals surface area contributed by atoms with Gasteiger partial charge in [0.15, 0.2) is 0 Å². The van der Waals surface area contributed by atoms with Crippen molar-refractivity contribution >= 4 is 0 Å². The summed E-state index contributed by atoms with van der Waals surface area (Å²) in [5.74, 6) is 0.974. The molecule has 1 aliphatic carbocycles. The van der Waals surface area contributed by atoms with Crippen molar-refractivity contribution in [1.82, 2.24) is 14.7 Å². The number of aliphatic hydroxyl groups is 2. The second-order valence-corrected chi connectivity index (χ2v) is 7.71. The van der Waals surface area contributed by atoms with Crippen LogP contribution in [0.4, 0.5) is 0 Å². The lowest BCUT2D eigenvalue weighted by Gasteiger charge is -2.20. The van der Waals surface area contributed by atoms with E-state index in [1.54, 1.807) is 0 Å². The van der Waals surface area contributed by atoms with Gasteiger partial charge in [-0.1, -0.05) is 12.1 Å². The first kappa shape index (κ1) is 18.5. The predicted molar refractivity (Wildman–Crippen MR) is 102 cm³/mol. The van der Waals surface area contributed by atoms with E-state index in [4.69, 9.17) is 9.84 Å². The molecule has 0 amide bonds. The van der Waals surface area contributed by atoms with Gasteiger partial charge >= 0.3 is 0 Å². The van der Waals surface area contributed by atoms with Crippen molar-refractivity contribution < 1.29 is 14.9 Å². The third kappa shape index (κ3) is 4.51. The number of hydrogen-bond donors (Lipinski definition) is 2. The van der Waals surface area contributed by atoms with Crippen molar-refractivity contribution in [2.24, 2.45) is 0 Å². The largest absolute Gasteiger partial charge is 0.490 e. The molecule has 1 saturated carbocycles. The van der Waals surface area contributed by atoms with E-state index in [1.807, 2.05) is 10.7 Å². The van der Waals surface area contributed by atoms with Crippen molar-refractivity contribution in [1.29, 1.82) is 0 Å². The van der Waals surface area contributed by atoms with Gasteiger partial charge in [-0.05, 0) is 55.9 Å². The lowest BCUT2D eigenvalue weighted by atomic mass is 10.2. The molecule has 2 heterocycles. The fourth-order valence-electron chi connectivity index (χ4n) is 4.07. The summed E-state index contributed by atoms with van der Waals surface area (Å²) in [6.07, 6.45) is 5.44. The number of rotatable bonds is 6. The van der Waals surface area contributed by atoms with Crippen molar-refractivity contribution in [3.05, 3.63) is 47.3 Å². The highest BCUT2D eigenvalue weighted by molar-refractivity contribution is 5.27. The zero-order valence-electron chi connectivity index (χ0n) is 15.8. The van der Waals surface area contributed by atoms with Gasteiger partial charge in [0.25, 0.3) is 0 Å². The Hall–Kier alpha value is -1.89. The van der Waals surface area contributed by atoms with Gasteiger partial charge in [0.05, 0.1) is 24.1 Å². The molecule has 1 aromatic heterocycles. The molecular weight excluding hydrogens is 342 g/mol. The molecule has 2 N–H and O–H groups in total. The first-order valence-electron chi connectivity index (χ1n) is 10.0. The summed E-state index contributed by atoms with van der Waals surface area (Å²) in [4.78, 5) is 2.41. The molecule has 1 aromatic carbocycles. The van der Waals surface area contributed by atoms with E-state index < -0.39 is 6.10 Å². The van der Waals surface area contributed by atoms with E-state index in [0.717, 1.165) is 44.0 Å². The van der Waals surface area contributed by atoms with Crippen LogP contribution in [-0.2, 0) is 19.6 Å². The highest BCUT2D eigenvalue weighted by Crippen LogP contribution is 2.25. The third-order valence-electron chi connectivity index (χ3n) is 5.56. The molecule has 0 radical (unpaired) electrons. The molecule has 0 saturated heterocycles. The summed E-state index contributed by atoms with van der Waals surface area (Å²) in [5, 5.41) is 23.4. The smallest absolute Gasteiger partial charge is 0.121 e. The van der Waals surface area contributed by atoms with Crippen LogP contribution in [0.2, 0.25) is 0 Å². The van der Waals surface area contributed by atoms with Crippen LogP contribution in [0.1, 0.15) is 55.2 Å². The standard InChI is InChI=1S/C21H29N3O3/c25-15-21(26)20-12-17-14-23(10-3-11-24(17)22-20)13-16-6-8-19(9-7-16)27-18-4-1-2-5-18/h6-9,12,18,21,25-26H,1-5,10-11,13-15H2. The van der Waals surface area contributed by atoms with Gasteiger partial charge in [-0.3, -0.25) is 9.58 Å². The van der Waals surface area contributed by atoms with Crippen LogP contribution in [0.25, 0.3) is 0 Å². The zero-order valence-corrected chi connectivity index (χ0v) is 15.8. The Kier molecular flexibility index (Phi) is 5.76. The molecule has 0 spiro atoms. The van der Waals surface area contributed by atoms with Gasteiger partial charge < -0.3 is 14.9 Å². The van der Waals surface area contributed by atoms with Crippen LogP contribution in [0, 0.1) is 0 Å². The Morgan fingerprint density at radius 1 is 1.11 bits per heavy atom. The molecule has 6 nitrogen and oxygen atoms in total. The summed E-state index contributed by atoms with van der Waals surface area (Å²) in [6, 6.07) is 10.4. The summed E-state index contributed by atoms with van der Waals surface area (Å²) < 4.78 is 8.02. The quantitative estimate of drug-likeness (QED) is 0.817. The van der Waals surface area contributed by atoms with Crippen molar-refractivity contribution in [3.8, 4) is 5.75 Å². The van der Waals surface area contributed by atoms with Crippen LogP contribution >= 0.6 is 0 Å². The first-order valence-corrected chi connectivity index (χ1v) is 10.0. The lowest BCUT2D eigenvalue weighted by molar-refractivity contribution is 0.0916. The molecule has 2 aromatic rings. The van der Waals surface area contributed by atoms with Crippen molar-refractivity contribution in [3.63, 3.8) is 0 Å². The highest BCUT2D eigenvalue weighted by atomic mass is 16.5. The molecule has 1 unspecified atom stereocenters. The topological polar surface area (TPSA) is 70.8 Å². The van der Waals surface area contributed by atoms with Gasteiger partial charge in [0.1, 0.15) is 11.9 Å². The number of fused-ring (bicyclic) bond motifs is 1. The number of ether oxygens (including phenoxy) is 1. The van der Waals surface area contributed by atoms with Crippen LogP contribution in [0.5, 0.6) is 5.75 Å². The molecule has 1 atom stereocenters. The Labute approximate surface area is 160 Å². The molecule has 4 rings (SSSR count). The van der Waals surface area contributed by atoms with E-state index in [2.05, 4.69) is 34.3 Å². The van der Waals surface area contributed by atoms with Gasteiger partial charge in [-0.15, -0.1) is 0 Å². The van der Waals surface area contributed by atoms with Crippen LogP contribution in [0.15, 0.2) is 30.3 Å². The average Bonchev–Trinajstić information content (AvgIpc) is 3.29. The van der Waals surface area contributed by atoms with Crippen LogP contribution < -0.4 is 4.74 Å². The zero-order chi connectivity index (χ0) is 18.6. The summed E-state index contributed by atoms with van der Waals surface area (Å²) >= 11 is 0. The van der Waals surface area contributed by atoms with Gasteiger partial charge in [0.2, 0.25) is 0 Å². The fraction of sp³-hybridized carbons (Fsp3) is 0.571. The number of hydrogen-bond acceptors (Lipinski definition) is 5. The molecule has 146 valence electrons. The minimum Gasteiger partial charge on any atom is -0.490 e. The van der Waals surface area contributed by atoms with Crippen LogP contribution in [-0.4, -0.2) is 44.1 Å². The second-order valence-electron chi connectivity index (χ2n) is 7.71. The van der Waals surface area contributed by atoms with E-state index in [9.17, 15) is 5.11 Å². The maximum absolute atomic E-state index is 9.83. The Morgan fingerprint density at radius 3 is 2.63 bits per heavy atom. The predicted octanol–water partition coefficient (Wildman–Crippen LogP) is 2.64. The monoisotopic (exact) mass is 371 g/mol. The summed E-state index contributed by atoms with van der Waals surface area (Å²) in [5.41, 5.74) is 2.93. The molecule has 2 aliphatic rings. The number of aliphatic hydroxyl groups excluding tert-OH is 2. The molecule has 1 fully saturated rings. The molecule has 1 aliphatic heterocycles. The SMILES string of the molecule is OCC(O)c1cc2n(n1)CCCN(Cc1ccc(OC3CCCC3)cc1)C2. The maximum Gasteiger partial charge on any atom is 0.121 e. The Bertz CT molecular complexity index is 738. The lowest BCUT2D eigenvalue weighted by Crippen LogP contribution is -2.22. The molecule has 27 heavy (non-hydrogen) atoms. The third-order valence-corrected chi connectivity index (χ3v) is 5.56. The van der Waals surface area contributed by atoms with Crippen molar-refractivity contribution in [2.75, 3.05) is 13.2 Å². The number of aryl methyl sites for hydroxylation is 1. The van der Waals surface area contributed by atoms with Gasteiger partial charge in [-0.25, -0.2) is 0 Å². The Balaban J connectivity index is 1.38. The first-order chi connectivity index (χ1) is 13.2. The number of nitrogens with zero attached hydrogens (tertiary/aromatic N) is 3. The molecule has 0 bridgehead atoms. The average molecular weight is 371 g/mol. The normalized spacial score (nSPS) is 19.6. The van der Waals surface area contributed by atoms with E-state index >= 15 is 0 Å². The van der Waals surface area contributed by atoms with E-state index in [-0.39, 0.29) is 6.61 Å². The maximum atomic E-state index is 9.83. The van der Waals surface area contributed by atoms with Crippen molar-refractivity contribution in [2.45, 2.75) is 63.9 Å². The minimum atomic E-state index is -0.898.